The standard InChI is InChI=1S/C6H9F5O3S.H3N/c7-1-3(8)5(10)6(11)4(9)2-15(12,13)14;/h3-6H,1-2H2,(H,12,13,14);1H3. The molecule has 0 aromatic rings. The van der Waals surface area contributed by atoms with Crippen LogP contribution >= 0.6 is 0 Å². The van der Waals surface area contributed by atoms with Crippen LogP contribution in [0.2, 0.25) is 0 Å². The van der Waals surface area contributed by atoms with Gasteiger partial charge in [-0.05, 0) is 0 Å². The lowest BCUT2D eigenvalue weighted by molar-refractivity contribution is 0.0302. The molecule has 4 N–H and O–H groups in total. The van der Waals surface area contributed by atoms with Gasteiger partial charge in [0.1, 0.15) is 12.4 Å². The molecule has 16 heavy (non-hydrogen) atoms. The highest BCUT2D eigenvalue weighted by atomic mass is 32.2. The topological polar surface area (TPSA) is 89.4 Å². The van der Waals surface area contributed by atoms with Gasteiger partial charge >= 0.3 is 0 Å². The molecule has 0 aliphatic carbocycles. The average molecular weight is 273 g/mol. The quantitative estimate of drug-likeness (QED) is 0.564. The first kappa shape index (κ1) is 17.9. The third-order valence-electron chi connectivity index (χ3n) is 1.51. The molecule has 0 spiro atoms. The Labute approximate surface area is 89.2 Å². The molecule has 0 saturated heterocycles. The van der Waals surface area contributed by atoms with Crippen molar-refractivity contribution in [2.24, 2.45) is 0 Å². The molecule has 0 radical (unpaired) electrons. The summed E-state index contributed by atoms with van der Waals surface area (Å²) in [6.07, 6.45) is -12.1. The fraction of sp³-hybridized carbons (Fsp3) is 1.00. The van der Waals surface area contributed by atoms with Crippen LogP contribution in [0.4, 0.5) is 22.0 Å². The lowest BCUT2D eigenvalue weighted by Gasteiger charge is -2.17. The Bertz CT molecular complexity index is 288. The van der Waals surface area contributed by atoms with E-state index in [1.54, 1.807) is 0 Å². The van der Waals surface area contributed by atoms with Crippen LogP contribution in [0.5, 0.6) is 0 Å². The van der Waals surface area contributed by atoms with E-state index in [4.69, 9.17) is 4.55 Å². The van der Waals surface area contributed by atoms with Crippen LogP contribution in [0.3, 0.4) is 0 Å². The maximum absolute atomic E-state index is 12.6. The molecule has 10 heteroatoms. The van der Waals surface area contributed by atoms with Crippen LogP contribution in [0.15, 0.2) is 0 Å². The van der Waals surface area contributed by atoms with E-state index >= 15 is 0 Å². The predicted molar refractivity (Wildman–Crippen MR) is 47.0 cm³/mol. The fourth-order valence-electron chi connectivity index (χ4n) is 0.777. The van der Waals surface area contributed by atoms with Crippen molar-refractivity contribution in [2.45, 2.75) is 24.7 Å². The summed E-state index contributed by atoms with van der Waals surface area (Å²) in [5, 5.41) is 0. The molecule has 0 aromatic heterocycles. The van der Waals surface area contributed by atoms with E-state index in [2.05, 4.69) is 0 Å². The van der Waals surface area contributed by atoms with Gasteiger partial charge in [-0.3, -0.25) is 4.55 Å². The molecule has 0 amide bonds. The van der Waals surface area contributed by atoms with Crippen molar-refractivity contribution in [1.29, 1.82) is 0 Å². The minimum absolute atomic E-state index is 0. The van der Waals surface area contributed by atoms with E-state index in [9.17, 15) is 30.4 Å². The van der Waals surface area contributed by atoms with Crippen molar-refractivity contribution in [2.75, 3.05) is 12.4 Å². The summed E-state index contributed by atoms with van der Waals surface area (Å²) in [6.45, 7) is -1.85. The normalized spacial score (nSPS) is 19.4. The second-order valence-corrected chi connectivity index (χ2v) is 4.32. The van der Waals surface area contributed by atoms with Crippen molar-refractivity contribution in [1.82, 2.24) is 6.15 Å². The van der Waals surface area contributed by atoms with Crippen LogP contribution in [0.1, 0.15) is 0 Å². The third-order valence-corrected chi connectivity index (χ3v) is 2.25. The van der Waals surface area contributed by atoms with Gasteiger partial charge in [-0.15, -0.1) is 0 Å². The summed E-state index contributed by atoms with van der Waals surface area (Å²) >= 11 is 0. The molecule has 0 rings (SSSR count). The zero-order chi connectivity index (χ0) is 12.2. The van der Waals surface area contributed by atoms with Crippen LogP contribution in [-0.4, -0.2) is 50.1 Å². The van der Waals surface area contributed by atoms with Crippen molar-refractivity contribution in [3.63, 3.8) is 0 Å². The second-order valence-electron chi connectivity index (χ2n) is 2.82. The Kier molecular flexibility index (Phi) is 7.79. The fourth-order valence-corrected chi connectivity index (χ4v) is 1.36. The molecular formula is C6H12F5NO3S. The van der Waals surface area contributed by atoms with Crippen molar-refractivity contribution < 1.29 is 34.9 Å². The smallest absolute Gasteiger partial charge is 0.267 e. The molecule has 4 nitrogen and oxygen atoms in total. The van der Waals surface area contributed by atoms with Gasteiger partial charge in [0.2, 0.25) is 0 Å². The van der Waals surface area contributed by atoms with E-state index < -0.39 is 47.2 Å². The average Bonchev–Trinajstić information content (AvgIpc) is 2.11. The Morgan fingerprint density at radius 1 is 1.00 bits per heavy atom. The van der Waals surface area contributed by atoms with Gasteiger partial charge in [-0.2, -0.15) is 8.42 Å². The Balaban J connectivity index is 0. The van der Waals surface area contributed by atoms with E-state index in [1.807, 2.05) is 0 Å². The molecule has 0 bridgehead atoms. The van der Waals surface area contributed by atoms with Gasteiger partial charge in [0.25, 0.3) is 10.1 Å². The molecule has 0 fully saturated rings. The highest BCUT2D eigenvalue weighted by Gasteiger charge is 2.37. The zero-order valence-electron chi connectivity index (χ0n) is 7.99. The minimum atomic E-state index is -4.83. The Morgan fingerprint density at radius 2 is 1.38 bits per heavy atom. The first-order chi connectivity index (χ1) is 6.69. The lowest BCUT2D eigenvalue weighted by atomic mass is 10.1. The van der Waals surface area contributed by atoms with Crippen molar-refractivity contribution in [3.05, 3.63) is 0 Å². The summed E-state index contributed by atoms with van der Waals surface area (Å²) in [5.41, 5.74) is 0. The molecule has 0 aliphatic rings. The lowest BCUT2D eigenvalue weighted by Crippen LogP contribution is -2.39. The van der Waals surface area contributed by atoms with Gasteiger partial charge < -0.3 is 6.15 Å². The first-order valence-corrected chi connectivity index (χ1v) is 5.37. The number of rotatable bonds is 6. The van der Waals surface area contributed by atoms with E-state index in [1.165, 1.54) is 0 Å². The largest absolute Gasteiger partial charge is 0.344 e. The van der Waals surface area contributed by atoms with Crippen LogP contribution < -0.4 is 6.15 Å². The Hall–Kier alpha value is -0.480. The van der Waals surface area contributed by atoms with Crippen LogP contribution in [0, 0.1) is 0 Å². The van der Waals surface area contributed by atoms with Crippen molar-refractivity contribution in [3.8, 4) is 0 Å². The molecule has 0 aromatic carbocycles. The third kappa shape index (κ3) is 6.18. The molecule has 0 aliphatic heterocycles. The Morgan fingerprint density at radius 3 is 1.69 bits per heavy atom. The number of halogens is 5. The monoisotopic (exact) mass is 273 g/mol. The maximum Gasteiger partial charge on any atom is 0.267 e. The number of hydrogen-bond acceptors (Lipinski definition) is 3. The zero-order valence-corrected chi connectivity index (χ0v) is 8.81. The molecule has 0 saturated carbocycles. The van der Waals surface area contributed by atoms with Gasteiger partial charge in [0, 0.05) is 0 Å². The first-order valence-electron chi connectivity index (χ1n) is 3.76. The van der Waals surface area contributed by atoms with Gasteiger partial charge in [-0.25, -0.2) is 22.0 Å². The van der Waals surface area contributed by atoms with Crippen molar-refractivity contribution >= 4 is 10.1 Å². The predicted octanol–water partition coefficient (Wildman–Crippen LogP) is 1.36. The summed E-state index contributed by atoms with van der Waals surface area (Å²) in [5.74, 6) is -1.70. The summed E-state index contributed by atoms with van der Waals surface area (Å²) in [7, 11) is -4.83. The summed E-state index contributed by atoms with van der Waals surface area (Å²) < 4.78 is 89.7. The number of hydrogen-bond donors (Lipinski definition) is 2. The maximum atomic E-state index is 12.6. The van der Waals surface area contributed by atoms with E-state index in [-0.39, 0.29) is 6.15 Å². The SMILES string of the molecule is N.O=S(=O)(O)CC(F)C(F)C(F)C(F)CF. The molecule has 4 atom stereocenters. The van der Waals surface area contributed by atoms with E-state index in [0.29, 0.717) is 0 Å². The highest BCUT2D eigenvalue weighted by Crippen LogP contribution is 2.18. The minimum Gasteiger partial charge on any atom is -0.344 e. The summed E-state index contributed by atoms with van der Waals surface area (Å²) in [4.78, 5) is 0. The van der Waals surface area contributed by atoms with Gasteiger partial charge in [0.05, 0.1) is 0 Å². The van der Waals surface area contributed by atoms with Crippen LogP contribution in [0.25, 0.3) is 0 Å². The van der Waals surface area contributed by atoms with E-state index in [0.717, 1.165) is 0 Å². The summed E-state index contributed by atoms with van der Waals surface area (Å²) in [6, 6.07) is 0. The van der Waals surface area contributed by atoms with Gasteiger partial charge in [0.15, 0.2) is 24.7 Å². The molecular weight excluding hydrogens is 261 g/mol. The highest BCUT2D eigenvalue weighted by molar-refractivity contribution is 7.85. The van der Waals surface area contributed by atoms with Gasteiger partial charge in [-0.1, -0.05) is 0 Å². The number of alkyl halides is 5. The molecule has 0 heterocycles. The molecule has 4 unspecified atom stereocenters. The molecule has 100 valence electrons. The second kappa shape index (κ2) is 6.97. The van der Waals surface area contributed by atoms with Crippen LogP contribution in [-0.2, 0) is 10.1 Å².